The number of benzene rings is 2. The summed E-state index contributed by atoms with van der Waals surface area (Å²) < 4.78 is 13.1. The molecule has 2 aliphatic rings. The fourth-order valence-electron chi connectivity index (χ4n) is 4.41. The molecule has 2 amide bonds. The molecule has 4 nitrogen and oxygen atoms in total. The van der Waals surface area contributed by atoms with Gasteiger partial charge in [0.15, 0.2) is 0 Å². The summed E-state index contributed by atoms with van der Waals surface area (Å²) in [5.41, 5.74) is 2.09. The standard InChI is InChI=1S/C24H25FN2O2/c25-20-11-9-18(10-12-20)16-26-23(29)24-14-5-4-8-21(24)27(22(28)13-15-24)17-19-6-2-1-3-7-19/h1-3,6-12H,4-5,13-17H2,(H,26,29). The summed E-state index contributed by atoms with van der Waals surface area (Å²) >= 11 is 0. The van der Waals surface area contributed by atoms with Gasteiger partial charge in [0.1, 0.15) is 5.82 Å². The van der Waals surface area contributed by atoms with E-state index in [0.29, 0.717) is 25.9 Å². The van der Waals surface area contributed by atoms with Gasteiger partial charge in [-0.2, -0.15) is 0 Å². The first-order chi connectivity index (χ1) is 14.1. The second-order valence-corrected chi connectivity index (χ2v) is 7.84. The van der Waals surface area contributed by atoms with Crippen molar-refractivity contribution in [3.8, 4) is 0 Å². The number of fused-ring (bicyclic) bond motifs is 1. The third-order valence-corrected chi connectivity index (χ3v) is 5.98. The first-order valence-electron chi connectivity index (χ1n) is 10.2. The zero-order chi connectivity index (χ0) is 20.3. The largest absolute Gasteiger partial charge is 0.351 e. The smallest absolute Gasteiger partial charge is 0.232 e. The molecule has 4 rings (SSSR count). The van der Waals surface area contributed by atoms with Gasteiger partial charge < -0.3 is 10.2 Å². The van der Waals surface area contributed by atoms with Gasteiger partial charge in [0, 0.05) is 18.7 Å². The number of carbonyl (C=O) groups is 2. The second-order valence-electron chi connectivity index (χ2n) is 7.84. The van der Waals surface area contributed by atoms with Gasteiger partial charge in [-0.15, -0.1) is 0 Å². The lowest BCUT2D eigenvalue weighted by atomic mass is 9.69. The third-order valence-electron chi connectivity index (χ3n) is 5.98. The van der Waals surface area contributed by atoms with Gasteiger partial charge in [-0.3, -0.25) is 9.59 Å². The number of hydrogen-bond acceptors (Lipinski definition) is 2. The predicted octanol–water partition coefficient (Wildman–Crippen LogP) is 4.32. The van der Waals surface area contributed by atoms with Crippen molar-refractivity contribution in [3.63, 3.8) is 0 Å². The molecule has 29 heavy (non-hydrogen) atoms. The number of likely N-dealkylation sites (tertiary alicyclic amines) is 1. The molecule has 0 bridgehead atoms. The molecule has 0 saturated carbocycles. The van der Waals surface area contributed by atoms with Crippen molar-refractivity contribution >= 4 is 11.8 Å². The van der Waals surface area contributed by atoms with Crippen LogP contribution in [0.4, 0.5) is 4.39 Å². The van der Waals surface area contributed by atoms with Crippen LogP contribution >= 0.6 is 0 Å². The van der Waals surface area contributed by atoms with Crippen LogP contribution in [0.5, 0.6) is 0 Å². The lowest BCUT2D eigenvalue weighted by Gasteiger charge is -2.46. The molecule has 1 heterocycles. The minimum Gasteiger partial charge on any atom is -0.351 e. The summed E-state index contributed by atoms with van der Waals surface area (Å²) in [6, 6.07) is 16.0. The molecule has 1 aliphatic heterocycles. The lowest BCUT2D eigenvalue weighted by molar-refractivity contribution is -0.141. The van der Waals surface area contributed by atoms with Gasteiger partial charge in [0.2, 0.25) is 11.8 Å². The van der Waals surface area contributed by atoms with E-state index in [9.17, 15) is 14.0 Å². The first kappa shape index (κ1) is 19.4. The molecule has 0 spiro atoms. The number of nitrogens with zero attached hydrogens (tertiary/aromatic N) is 1. The fourth-order valence-corrected chi connectivity index (χ4v) is 4.41. The van der Waals surface area contributed by atoms with Gasteiger partial charge in [0.25, 0.3) is 0 Å². The fraction of sp³-hybridized carbons (Fsp3) is 0.333. The molecule has 0 radical (unpaired) electrons. The summed E-state index contributed by atoms with van der Waals surface area (Å²) in [6.45, 7) is 0.833. The van der Waals surface area contributed by atoms with Gasteiger partial charge in [0.05, 0.1) is 12.0 Å². The maximum atomic E-state index is 13.3. The second kappa shape index (κ2) is 8.19. The number of amides is 2. The highest BCUT2D eigenvalue weighted by molar-refractivity contribution is 5.91. The van der Waals surface area contributed by atoms with Crippen LogP contribution in [0.15, 0.2) is 66.4 Å². The van der Waals surface area contributed by atoms with Crippen molar-refractivity contribution in [2.45, 2.75) is 45.2 Å². The van der Waals surface area contributed by atoms with E-state index >= 15 is 0 Å². The average Bonchev–Trinajstić information content (AvgIpc) is 2.76. The van der Waals surface area contributed by atoms with Crippen LogP contribution in [0, 0.1) is 11.2 Å². The summed E-state index contributed by atoms with van der Waals surface area (Å²) in [4.78, 5) is 27.9. The van der Waals surface area contributed by atoms with Crippen molar-refractivity contribution in [2.24, 2.45) is 5.41 Å². The maximum Gasteiger partial charge on any atom is 0.232 e. The highest BCUT2D eigenvalue weighted by Gasteiger charge is 2.49. The normalized spacial score (nSPS) is 21.3. The molecule has 1 unspecified atom stereocenters. The Morgan fingerprint density at radius 2 is 1.79 bits per heavy atom. The van der Waals surface area contributed by atoms with Crippen molar-refractivity contribution in [1.82, 2.24) is 10.2 Å². The number of rotatable bonds is 5. The van der Waals surface area contributed by atoms with Crippen molar-refractivity contribution < 1.29 is 14.0 Å². The molecule has 2 aromatic rings. The summed E-state index contributed by atoms with van der Waals surface area (Å²) in [5.74, 6) is -0.263. The van der Waals surface area contributed by atoms with E-state index in [1.807, 2.05) is 30.3 Å². The van der Waals surface area contributed by atoms with E-state index in [0.717, 1.165) is 36.1 Å². The molecule has 1 saturated heterocycles. The van der Waals surface area contributed by atoms with E-state index in [1.165, 1.54) is 12.1 Å². The Hall–Kier alpha value is -2.95. The van der Waals surface area contributed by atoms with E-state index in [2.05, 4.69) is 11.4 Å². The molecule has 1 atom stereocenters. The molecular formula is C24H25FN2O2. The van der Waals surface area contributed by atoms with Crippen molar-refractivity contribution in [3.05, 3.63) is 83.3 Å². The van der Waals surface area contributed by atoms with Gasteiger partial charge in [-0.25, -0.2) is 4.39 Å². The SMILES string of the molecule is O=C1CCC2(C(=O)NCc3ccc(F)cc3)CCCC=C2N1Cc1ccccc1. The Morgan fingerprint density at radius 1 is 1.03 bits per heavy atom. The first-order valence-corrected chi connectivity index (χ1v) is 10.2. The molecule has 1 fully saturated rings. The van der Waals surface area contributed by atoms with E-state index in [4.69, 9.17) is 0 Å². The van der Waals surface area contributed by atoms with Crippen LogP contribution in [-0.4, -0.2) is 16.7 Å². The number of hydrogen-bond donors (Lipinski definition) is 1. The van der Waals surface area contributed by atoms with Gasteiger partial charge in [-0.05, 0) is 48.9 Å². The van der Waals surface area contributed by atoms with Crippen LogP contribution in [-0.2, 0) is 22.7 Å². The van der Waals surface area contributed by atoms with Crippen molar-refractivity contribution in [2.75, 3.05) is 0 Å². The monoisotopic (exact) mass is 392 g/mol. The molecule has 5 heteroatoms. The molecule has 0 aromatic heterocycles. The zero-order valence-electron chi connectivity index (χ0n) is 16.4. The number of piperidine rings is 1. The zero-order valence-corrected chi connectivity index (χ0v) is 16.4. The highest BCUT2D eigenvalue weighted by Crippen LogP contribution is 2.47. The minimum absolute atomic E-state index is 0.0432. The van der Waals surface area contributed by atoms with Crippen LogP contribution in [0.2, 0.25) is 0 Å². The topological polar surface area (TPSA) is 49.4 Å². The molecule has 1 N–H and O–H groups in total. The predicted molar refractivity (Wildman–Crippen MR) is 109 cm³/mol. The molecule has 1 aliphatic carbocycles. The number of allylic oxidation sites excluding steroid dienone is 1. The van der Waals surface area contributed by atoms with Crippen LogP contribution in [0.3, 0.4) is 0 Å². The summed E-state index contributed by atoms with van der Waals surface area (Å²) in [5, 5.41) is 3.04. The summed E-state index contributed by atoms with van der Waals surface area (Å²) in [6.07, 6.45) is 5.53. The summed E-state index contributed by atoms with van der Waals surface area (Å²) in [7, 11) is 0. The van der Waals surface area contributed by atoms with E-state index in [-0.39, 0.29) is 17.6 Å². The Kier molecular flexibility index (Phi) is 5.47. The quantitative estimate of drug-likeness (QED) is 0.824. The Balaban J connectivity index is 1.56. The lowest BCUT2D eigenvalue weighted by Crippen LogP contribution is -2.52. The highest BCUT2D eigenvalue weighted by atomic mass is 19.1. The Labute approximate surface area is 170 Å². The van der Waals surface area contributed by atoms with E-state index < -0.39 is 5.41 Å². The third kappa shape index (κ3) is 3.95. The maximum absolute atomic E-state index is 13.3. The number of carbonyl (C=O) groups excluding carboxylic acids is 2. The Morgan fingerprint density at radius 3 is 2.55 bits per heavy atom. The van der Waals surface area contributed by atoms with Gasteiger partial charge in [-0.1, -0.05) is 48.5 Å². The van der Waals surface area contributed by atoms with E-state index in [1.54, 1.807) is 17.0 Å². The number of nitrogens with one attached hydrogen (secondary N) is 1. The van der Waals surface area contributed by atoms with Crippen LogP contribution < -0.4 is 5.32 Å². The van der Waals surface area contributed by atoms with Gasteiger partial charge >= 0.3 is 0 Å². The molecular weight excluding hydrogens is 367 g/mol. The van der Waals surface area contributed by atoms with Crippen molar-refractivity contribution in [1.29, 1.82) is 0 Å². The van der Waals surface area contributed by atoms with Crippen LogP contribution in [0.25, 0.3) is 0 Å². The minimum atomic E-state index is -0.666. The van der Waals surface area contributed by atoms with Crippen LogP contribution in [0.1, 0.15) is 43.2 Å². The average molecular weight is 392 g/mol. The molecule has 150 valence electrons. The molecule has 2 aromatic carbocycles. The Bertz CT molecular complexity index is 924. The number of halogens is 1.